The van der Waals surface area contributed by atoms with Gasteiger partial charge in [0, 0.05) is 24.2 Å². The van der Waals surface area contributed by atoms with Gasteiger partial charge in [-0.1, -0.05) is 61.0 Å². The van der Waals surface area contributed by atoms with Crippen LogP contribution in [0.3, 0.4) is 0 Å². The van der Waals surface area contributed by atoms with E-state index in [0.717, 1.165) is 18.5 Å². The summed E-state index contributed by atoms with van der Waals surface area (Å²) < 4.78 is 5.59. The summed E-state index contributed by atoms with van der Waals surface area (Å²) in [7, 11) is 0. The lowest BCUT2D eigenvalue weighted by Crippen LogP contribution is -2.32. The first kappa shape index (κ1) is 21.1. The first-order valence-corrected chi connectivity index (χ1v) is 10.2. The van der Waals surface area contributed by atoms with Gasteiger partial charge in [0.05, 0.1) is 6.54 Å². The Balaban J connectivity index is 1.73. The number of rotatable bonds is 9. The molecule has 152 valence electrons. The summed E-state index contributed by atoms with van der Waals surface area (Å²) in [6.07, 6.45) is 2.29. The third kappa shape index (κ3) is 6.44. The SMILES string of the molecule is CCC(C)NC(=O)c1coc(CN(Cc2ccccc2)Cc2cccc(Cl)c2)n1. The Kier molecular flexibility index (Phi) is 7.44. The van der Waals surface area contributed by atoms with E-state index in [-0.39, 0.29) is 11.9 Å². The molecule has 1 N–H and O–H groups in total. The van der Waals surface area contributed by atoms with Gasteiger partial charge < -0.3 is 9.73 Å². The van der Waals surface area contributed by atoms with E-state index >= 15 is 0 Å². The topological polar surface area (TPSA) is 58.4 Å². The van der Waals surface area contributed by atoms with Crippen molar-refractivity contribution in [2.24, 2.45) is 0 Å². The summed E-state index contributed by atoms with van der Waals surface area (Å²) >= 11 is 6.15. The van der Waals surface area contributed by atoms with Gasteiger partial charge in [0.1, 0.15) is 6.26 Å². The number of nitrogens with one attached hydrogen (secondary N) is 1. The summed E-state index contributed by atoms with van der Waals surface area (Å²) in [5.74, 6) is 0.302. The summed E-state index contributed by atoms with van der Waals surface area (Å²) in [5.41, 5.74) is 2.60. The van der Waals surface area contributed by atoms with Crippen molar-refractivity contribution >= 4 is 17.5 Å². The Hall–Kier alpha value is -2.63. The molecule has 0 aliphatic heterocycles. The molecular formula is C23H26ClN3O2. The number of hydrogen-bond acceptors (Lipinski definition) is 4. The van der Waals surface area contributed by atoms with Crippen molar-refractivity contribution in [1.82, 2.24) is 15.2 Å². The average Bonchev–Trinajstić information content (AvgIpc) is 3.17. The van der Waals surface area contributed by atoms with Gasteiger partial charge >= 0.3 is 0 Å². The summed E-state index contributed by atoms with van der Waals surface area (Å²) in [4.78, 5) is 18.9. The van der Waals surface area contributed by atoms with Crippen LogP contribution in [0.5, 0.6) is 0 Å². The van der Waals surface area contributed by atoms with E-state index in [1.54, 1.807) is 0 Å². The molecule has 0 saturated heterocycles. The van der Waals surface area contributed by atoms with Crippen molar-refractivity contribution in [1.29, 1.82) is 0 Å². The molecule has 0 fully saturated rings. The molecule has 29 heavy (non-hydrogen) atoms. The lowest BCUT2D eigenvalue weighted by Gasteiger charge is -2.21. The zero-order chi connectivity index (χ0) is 20.6. The Morgan fingerprint density at radius 1 is 1.10 bits per heavy atom. The lowest BCUT2D eigenvalue weighted by atomic mass is 10.1. The molecular weight excluding hydrogens is 386 g/mol. The van der Waals surface area contributed by atoms with Crippen LogP contribution in [0, 0.1) is 0 Å². The zero-order valence-electron chi connectivity index (χ0n) is 16.8. The van der Waals surface area contributed by atoms with E-state index in [1.807, 2.05) is 56.3 Å². The Morgan fingerprint density at radius 3 is 2.55 bits per heavy atom. The van der Waals surface area contributed by atoms with Crippen LogP contribution in [0.25, 0.3) is 0 Å². The van der Waals surface area contributed by atoms with Crippen LogP contribution in [0.1, 0.15) is 47.8 Å². The first-order chi connectivity index (χ1) is 14.0. The second-order valence-electron chi connectivity index (χ2n) is 7.17. The molecule has 0 aliphatic rings. The molecule has 3 aromatic rings. The number of nitrogens with zero attached hydrogens (tertiary/aromatic N) is 2. The van der Waals surface area contributed by atoms with Crippen LogP contribution in [-0.4, -0.2) is 21.8 Å². The fraction of sp³-hybridized carbons (Fsp3) is 0.304. The van der Waals surface area contributed by atoms with Crippen LogP contribution in [0.2, 0.25) is 5.02 Å². The van der Waals surface area contributed by atoms with Gasteiger partial charge in [-0.25, -0.2) is 4.98 Å². The highest BCUT2D eigenvalue weighted by molar-refractivity contribution is 6.30. The van der Waals surface area contributed by atoms with Gasteiger partial charge in [0.25, 0.3) is 5.91 Å². The Labute approximate surface area is 176 Å². The van der Waals surface area contributed by atoms with Gasteiger partial charge in [0.15, 0.2) is 5.69 Å². The Morgan fingerprint density at radius 2 is 1.83 bits per heavy atom. The molecule has 0 spiro atoms. The van der Waals surface area contributed by atoms with Crippen LogP contribution >= 0.6 is 11.6 Å². The fourth-order valence-corrected chi connectivity index (χ4v) is 3.19. The van der Waals surface area contributed by atoms with Crippen molar-refractivity contribution in [2.75, 3.05) is 0 Å². The highest BCUT2D eigenvalue weighted by Gasteiger charge is 2.17. The predicted molar refractivity (Wildman–Crippen MR) is 115 cm³/mol. The van der Waals surface area contributed by atoms with E-state index in [1.165, 1.54) is 11.8 Å². The third-order valence-electron chi connectivity index (χ3n) is 4.68. The molecule has 3 rings (SSSR count). The second-order valence-corrected chi connectivity index (χ2v) is 7.61. The van der Waals surface area contributed by atoms with Crippen molar-refractivity contribution in [3.05, 3.63) is 88.6 Å². The maximum atomic E-state index is 12.3. The number of carbonyl (C=O) groups excluding carboxylic acids is 1. The van der Waals surface area contributed by atoms with Crippen molar-refractivity contribution < 1.29 is 9.21 Å². The fourth-order valence-electron chi connectivity index (χ4n) is 2.98. The third-order valence-corrected chi connectivity index (χ3v) is 4.91. The lowest BCUT2D eigenvalue weighted by molar-refractivity contribution is 0.0934. The van der Waals surface area contributed by atoms with Crippen molar-refractivity contribution in [2.45, 2.75) is 45.9 Å². The van der Waals surface area contributed by atoms with E-state index < -0.39 is 0 Å². The first-order valence-electron chi connectivity index (χ1n) is 9.79. The number of carbonyl (C=O) groups is 1. The van der Waals surface area contributed by atoms with Gasteiger partial charge in [-0.2, -0.15) is 0 Å². The quantitative estimate of drug-likeness (QED) is 0.534. The molecule has 5 nitrogen and oxygen atoms in total. The molecule has 0 radical (unpaired) electrons. The number of hydrogen-bond donors (Lipinski definition) is 1. The van der Waals surface area contributed by atoms with Crippen LogP contribution in [0.15, 0.2) is 65.3 Å². The van der Waals surface area contributed by atoms with Crippen LogP contribution < -0.4 is 5.32 Å². The van der Waals surface area contributed by atoms with Crippen molar-refractivity contribution in [3.63, 3.8) is 0 Å². The van der Waals surface area contributed by atoms with E-state index in [9.17, 15) is 4.79 Å². The van der Waals surface area contributed by atoms with E-state index in [2.05, 4.69) is 27.3 Å². The molecule has 0 aliphatic carbocycles. The minimum absolute atomic E-state index is 0.0973. The summed E-state index contributed by atoms with van der Waals surface area (Å²) in [6, 6.07) is 18.1. The molecule has 6 heteroatoms. The van der Waals surface area contributed by atoms with E-state index in [4.69, 9.17) is 16.0 Å². The minimum Gasteiger partial charge on any atom is -0.447 e. The van der Waals surface area contributed by atoms with Crippen LogP contribution in [-0.2, 0) is 19.6 Å². The normalized spacial score (nSPS) is 12.1. The maximum Gasteiger partial charge on any atom is 0.273 e. The number of aromatic nitrogens is 1. The zero-order valence-corrected chi connectivity index (χ0v) is 17.5. The largest absolute Gasteiger partial charge is 0.447 e. The van der Waals surface area contributed by atoms with Gasteiger partial charge in [-0.15, -0.1) is 0 Å². The monoisotopic (exact) mass is 411 g/mol. The van der Waals surface area contributed by atoms with Gasteiger partial charge in [-0.3, -0.25) is 9.69 Å². The number of amides is 1. The Bertz CT molecular complexity index is 927. The van der Waals surface area contributed by atoms with Crippen LogP contribution in [0.4, 0.5) is 0 Å². The second kappa shape index (κ2) is 10.2. The number of benzene rings is 2. The van der Waals surface area contributed by atoms with E-state index in [0.29, 0.717) is 29.7 Å². The number of halogens is 1. The molecule has 1 unspecified atom stereocenters. The molecule has 1 heterocycles. The maximum absolute atomic E-state index is 12.3. The summed E-state index contributed by atoms with van der Waals surface area (Å²) in [5, 5.41) is 3.62. The highest BCUT2D eigenvalue weighted by atomic mass is 35.5. The minimum atomic E-state index is -0.209. The molecule has 1 aromatic heterocycles. The predicted octanol–water partition coefficient (Wildman–Crippen LogP) is 5.06. The average molecular weight is 412 g/mol. The molecule has 1 amide bonds. The van der Waals surface area contributed by atoms with Gasteiger partial charge in [-0.05, 0) is 36.6 Å². The highest BCUT2D eigenvalue weighted by Crippen LogP contribution is 2.17. The molecule has 0 saturated carbocycles. The standard InChI is InChI=1S/C23H26ClN3O2/c1-3-17(2)25-23(28)21-16-29-22(26-21)15-27(13-18-8-5-4-6-9-18)14-19-10-7-11-20(24)12-19/h4-12,16-17H,3,13-15H2,1-2H3,(H,25,28). The molecule has 0 bridgehead atoms. The smallest absolute Gasteiger partial charge is 0.273 e. The number of oxazole rings is 1. The van der Waals surface area contributed by atoms with Crippen molar-refractivity contribution in [3.8, 4) is 0 Å². The summed E-state index contributed by atoms with van der Waals surface area (Å²) in [6.45, 7) is 5.89. The molecule has 2 aromatic carbocycles. The van der Waals surface area contributed by atoms with Gasteiger partial charge in [0.2, 0.25) is 5.89 Å². The molecule has 1 atom stereocenters.